The molecule has 0 bridgehead atoms. The van der Waals surface area contributed by atoms with Crippen molar-refractivity contribution in [3.63, 3.8) is 0 Å². The maximum Gasteiger partial charge on any atom is 0.417 e. The first-order valence-corrected chi connectivity index (χ1v) is 3.23. The summed E-state index contributed by atoms with van der Waals surface area (Å²) in [5.41, 5.74) is 3.90. The molecule has 0 aliphatic carbocycles. The monoisotopic (exact) mass is 190 g/mol. The van der Waals surface area contributed by atoms with Crippen molar-refractivity contribution in [1.29, 1.82) is 0 Å². The lowest BCUT2D eigenvalue weighted by molar-refractivity contribution is -0.137. The Morgan fingerprint density at radius 2 is 2.08 bits per heavy atom. The lowest BCUT2D eigenvalue weighted by Gasteiger charge is -2.06. The molecule has 2 N–H and O–H groups in total. The van der Waals surface area contributed by atoms with Crippen molar-refractivity contribution in [2.75, 3.05) is 5.73 Å². The highest BCUT2D eigenvalue weighted by Gasteiger charge is 2.31. The molecule has 1 aromatic heterocycles. The van der Waals surface area contributed by atoms with Gasteiger partial charge in [0.2, 0.25) is 0 Å². The third-order valence-electron chi connectivity index (χ3n) is 1.40. The number of pyridine rings is 1. The molecule has 1 rings (SSSR count). The van der Waals surface area contributed by atoms with Gasteiger partial charge in [-0.1, -0.05) is 0 Å². The molecule has 3 nitrogen and oxygen atoms in total. The molecule has 0 saturated carbocycles. The molecule has 0 radical (unpaired) electrons. The van der Waals surface area contributed by atoms with Crippen LogP contribution in [0.3, 0.4) is 0 Å². The van der Waals surface area contributed by atoms with Crippen LogP contribution < -0.4 is 5.73 Å². The minimum absolute atomic E-state index is 0.206. The molecular formula is C7H5F3N2O. The number of hydrogen-bond donors (Lipinski definition) is 1. The standard InChI is InChI=1S/C7H5F3N2O/c8-7(9,10)5-1-4(3-13)6(11)12-2-5/h1-3H,(H2,11,12). The van der Waals surface area contributed by atoms with Crippen molar-refractivity contribution in [2.24, 2.45) is 0 Å². The van der Waals surface area contributed by atoms with Gasteiger partial charge in [-0.05, 0) is 6.07 Å². The van der Waals surface area contributed by atoms with Gasteiger partial charge in [-0.15, -0.1) is 0 Å². The highest BCUT2D eigenvalue weighted by atomic mass is 19.4. The van der Waals surface area contributed by atoms with Crippen LogP contribution in [0.1, 0.15) is 15.9 Å². The smallest absolute Gasteiger partial charge is 0.383 e. The Kier molecular flexibility index (Phi) is 2.22. The number of aldehydes is 1. The SMILES string of the molecule is Nc1ncc(C(F)(F)F)cc1C=O. The van der Waals surface area contributed by atoms with Crippen molar-refractivity contribution >= 4 is 12.1 Å². The number of nitrogen functional groups attached to an aromatic ring is 1. The van der Waals surface area contributed by atoms with Gasteiger partial charge in [0, 0.05) is 6.20 Å². The maximum atomic E-state index is 12.0. The van der Waals surface area contributed by atoms with Crippen LogP contribution in [0.5, 0.6) is 0 Å². The number of alkyl halides is 3. The highest BCUT2D eigenvalue weighted by molar-refractivity contribution is 5.81. The number of halogens is 3. The van der Waals surface area contributed by atoms with Crippen LogP contribution in [0.4, 0.5) is 19.0 Å². The summed E-state index contributed by atoms with van der Waals surface area (Å²) in [5, 5.41) is 0. The normalized spacial score (nSPS) is 11.3. The largest absolute Gasteiger partial charge is 0.417 e. The molecule has 0 fully saturated rings. The molecule has 0 aromatic carbocycles. The van der Waals surface area contributed by atoms with E-state index in [2.05, 4.69) is 4.98 Å². The summed E-state index contributed by atoms with van der Waals surface area (Å²) in [6, 6.07) is 0.662. The second-order valence-electron chi connectivity index (χ2n) is 2.31. The number of carbonyl (C=O) groups excluding carboxylic acids is 1. The number of hydrogen-bond acceptors (Lipinski definition) is 3. The average molecular weight is 190 g/mol. The van der Waals surface area contributed by atoms with Crippen LogP contribution in [0, 0.1) is 0 Å². The van der Waals surface area contributed by atoms with E-state index in [4.69, 9.17) is 5.73 Å². The zero-order chi connectivity index (χ0) is 10.1. The van der Waals surface area contributed by atoms with Gasteiger partial charge in [0.1, 0.15) is 5.82 Å². The summed E-state index contributed by atoms with van der Waals surface area (Å²) in [4.78, 5) is 13.5. The number of anilines is 1. The molecule has 0 amide bonds. The molecule has 70 valence electrons. The summed E-state index contributed by atoms with van der Waals surface area (Å²) in [5.74, 6) is -0.206. The van der Waals surface area contributed by atoms with E-state index in [1.165, 1.54) is 0 Å². The zero-order valence-corrected chi connectivity index (χ0v) is 6.30. The van der Waals surface area contributed by atoms with Gasteiger partial charge < -0.3 is 5.73 Å². The van der Waals surface area contributed by atoms with E-state index in [0.717, 1.165) is 0 Å². The molecule has 6 heteroatoms. The van der Waals surface area contributed by atoms with Crippen molar-refractivity contribution < 1.29 is 18.0 Å². The fourth-order valence-corrected chi connectivity index (χ4v) is 0.742. The number of nitrogens with zero attached hydrogens (tertiary/aromatic N) is 1. The molecule has 0 unspecified atom stereocenters. The highest BCUT2D eigenvalue weighted by Crippen LogP contribution is 2.29. The quantitative estimate of drug-likeness (QED) is 0.682. The molecular weight excluding hydrogens is 185 g/mol. The van der Waals surface area contributed by atoms with E-state index in [1.54, 1.807) is 0 Å². The van der Waals surface area contributed by atoms with Crippen LogP contribution in [-0.4, -0.2) is 11.3 Å². The van der Waals surface area contributed by atoms with Crippen LogP contribution in [0.25, 0.3) is 0 Å². The minimum atomic E-state index is -4.50. The second-order valence-corrected chi connectivity index (χ2v) is 2.31. The van der Waals surface area contributed by atoms with Gasteiger partial charge in [0.15, 0.2) is 6.29 Å². The van der Waals surface area contributed by atoms with E-state index in [9.17, 15) is 18.0 Å². The summed E-state index contributed by atoms with van der Waals surface area (Å²) in [7, 11) is 0. The van der Waals surface area contributed by atoms with Gasteiger partial charge in [0.05, 0.1) is 11.1 Å². The van der Waals surface area contributed by atoms with Gasteiger partial charge >= 0.3 is 6.18 Å². The Morgan fingerprint density at radius 1 is 1.46 bits per heavy atom. The van der Waals surface area contributed by atoms with Crippen LogP contribution in [-0.2, 0) is 6.18 Å². The Bertz CT molecular complexity index is 335. The van der Waals surface area contributed by atoms with Gasteiger partial charge in [-0.2, -0.15) is 13.2 Å². The zero-order valence-electron chi connectivity index (χ0n) is 6.30. The lowest BCUT2D eigenvalue weighted by Crippen LogP contribution is -2.08. The number of aromatic nitrogens is 1. The second kappa shape index (κ2) is 3.04. The first-order chi connectivity index (χ1) is 5.95. The third kappa shape index (κ3) is 1.95. The van der Waals surface area contributed by atoms with Gasteiger partial charge in [-0.3, -0.25) is 4.79 Å². The number of nitrogens with two attached hydrogens (primary N) is 1. The number of carbonyl (C=O) groups is 1. The van der Waals surface area contributed by atoms with E-state index < -0.39 is 11.7 Å². The van der Waals surface area contributed by atoms with Crippen molar-refractivity contribution in [1.82, 2.24) is 4.98 Å². The molecule has 0 aliphatic rings. The third-order valence-corrected chi connectivity index (χ3v) is 1.40. The molecule has 1 heterocycles. The van der Waals surface area contributed by atoms with E-state index in [1.807, 2.05) is 0 Å². The minimum Gasteiger partial charge on any atom is -0.383 e. The van der Waals surface area contributed by atoms with Crippen molar-refractivity contribution in [2.45, 2.75) is 6.18 Å². The van der Waals surface area contributed by atoms with E-state index >= 15 is 0 Å². The van der Waals surface area contributed by atoms with Crippen molar-refractivity contribution in [3.05, 3.63) is 23.4 Å². The van der Waals surface area contributed by atoms with Crippen LogP contribution in [0.2, 0.25) is 0 Å². The number of rotatable bonds is 1. The molecule has 13 heavy (non-hydrogen) atoms. The van der Waals surface area contributed by atoms with Crippen LogP contribution >= 0.6 is 0 Å². The fourth-order valence-electron chi connectivity index (χ4n) is 0.742. The fraction of sp³-hybridized carbons (Fsp3) is 0.143. The Labute approximate surface area is 71.4 Å². The average Bonchev–Trinajstić information content (AvgIpc) is 2.03. The molecule has 0 atom stereocenters. The summed E-state index contributed by atoms with van der Waals surface area (Å²) in [6.07, 6.45) is -3.68. The van der Waals surface area contributed by atoms with Crippen molar-refractivity contribution in [3.8, 4) is 0 Å². The summed E-state index contributed by atoms with van der Waals surface area (Å²) in [6.45, 7) is 0. The maximum absolute atomic E-state index is 12.0. The first kappa shape index (κ1) is 9.50. The molecule has 0 saturated heterocycles. The van der Waals surface area contributed by atoms with Gasteiger partial charge in [0.25, 0.3) is 0 Å². The molecule has 1 aromatic rings. The van der Waals surface area contributed by atoms with Crippen LogP contribution in [0.15, 0.2) is 12.3 Å². The Morgan fingerprint density at radius 3 is 2.54 bits per heavy atom. The molecule has 0 aliphatic heterocycles. The van der Waals surface area contributed by atoms with Gasteiger partial charge in [-0.25, -0.2) is 4.98 Å². The Hall–Kier alpha value is -1.59. The molecule has 0 spiro atoms. The predicted octanol–water partition coefficient (Wildman–Crippen LogP) is 1.50. The van der Waals surface area contributed by atoms with E-state index in [0.29, 0.717) is 12.3 Å². The van der Waals surface area contributed by atoms with E-state index in [-0.39, 0.29) is 17.7 Å². The lowest BCUT2D eigenvalue weighted by atomic mass is 10.2. The summed E-state index contributed by atoms with van der Waals surface area (Å²) >= 11 is 0. The predicted molar refractivity (Wildman–Crippen MR) is 39.0 cm³/mol. The topological polar surface area (TPSA) is 56.0 Å². The summed E-state index contributed by atoms with van der Waals surface area (Å²) < 4.78 is 36.1. The first-order valence-electron chi connectivity index (χ1n) is 3.23. The Balaban J connectivity index is 3.21.